The zero-order valence-electron chi connectivity index (χ0n) is 15.7. The summed E-state index contributed by atoms with van der Waals surface area (Å²) in [4.78, 5) is 43.8. The minimum Gasteiger partial charge on any atom is -0.479 e. The van der Waals surface area contributed by atoms with Gasteiger partial charge in [0.2, 0.25) is 0 Å². The zero-order valence-corrected chi connectivity index (χ0v) is 15.7. The fourth-order valence-corrected chi connectivity index (χ4v) is 4.43. The highest BCUT2D eigenvalue weighted by Gasteiger charge is 2.36. The number of rotatable bonds is 2. The van der Waals surface area contributed by atoms with Crippen LogP contribution in [0.4, 0.5) is 0 Å². The molecule has 2 aromatic carbocycles. The summed E-state index contributed by atoms with van der Waals surface area (Å²) < 4.78 is 1.69. The lowest BCUT2D eigenvalue weighted by atomic mass is 9.92. The number of nitrogens with zero attached hydrogens (tertiary/aromatic N) is 3. The molecule has 0 bridgehead atoms. The van der Waals surface area contributed by atoms with Crippen molar-refractivity contribution in [2.45, 2.75) is 31.8 Å². The van der Waals surface area contributed by atoms with E-state index in [2.05, 4.69) is 4.98 Å². The summed E-state index contributed by atoms with van der Waals surface area (Å²) in [7, 11) is 0. The van der Waals surface area contributed by atoms with Crippen LogP contribution in [-0.4, -0.2) is 38.0 Å². The van der Waals surface area contributed by atoms with Gasteiger partial charge in [-0.15, -0.1) is 0 Å². The monoisotopic (exact) mass is 389 g/mol. The average molecular weight is 389 g/mol. The molecule has 1 N–H and O–H groups in total. The van der Waals surface area contributed by atoms with Crippen molar-refractivity contribution in [1.82, 2.24) is 14.5 Å². The van der Waals surface area contributed by atoms with Crippen molar-refractivity contribution in [2.24, 2.45) is 0 Å². The molecule has 7 heteroatoms. The number of hydrogen-bond acceptors (Lipinski definition) is 4. The van der Waals surface area contributed by atoms with E-state index in [-0.39, 0.29) is 11.5 Å². The van der Waals surface area contributed by atoms with Crippen LogP contribution in [0.2, 0.25) is 0 Å². The Morgan fingerprint density at radius 1 is 1.07 bits per heavy atom. The van der Waals surface area contributed by atoms with Gasteiger partial charge in [0.1, 0.15) is 5.82 Å². The highest BCUT2D eigenvalue weighted by atomic mass is 16.4. The van der Waals surface area contributed by atoms with Crippen LogP contribution < -0.4 is 5.56 Å². The lowest BCUT2D eigenvalue weighted by Gasteiger charge is -2.34. The van der Waals surface area contributed by atoms with Gasteiger partial charge in [0, 0.05) is 25.1 Å². The van der Waals surface area contributed by atoms with Crippen molar-refractivity contribution in [2.75, 3.05) is 6.54 Å². The number of carboxylic acids is 1. The summed E-state index contributed by atoms with van der Waals surface area (Å²) in [5, 5.41) is 10.3. The standard InChI is InChI=1S/C22H19N3O4/c26-20(25-11-9-13-4-1-2-5-15(13)19(25)22(28)29)14-7-8-16-17(12-14)23-18-6-3-10-24(18)21(16)27/h1-2,4-5,7-8,12,19H,3,6,9-11H2,(H,28,29). The summed E-state index contributed by atoms with van der Waals surface area (Å²) in [6.45, 7) is 0.996. The van der Waals surface area contributed by atoms with Gasteiger partial charge < -0.3 is 10.0 Å². The van der Waals surface area contributed by atoms with Crippen LogP contribution in [0, 0.1) is 0 Å². The molecule has 2 aliphatic heterocycles. The van der Waals surface area contributed by atoms with Gasteiger partial charge in [-0.05, 0) is 42.2 Å². The number of hydrogen-bond donors (Lipinski definition) is 1. The third kappa shape index (κ3) is 2.73. The van der Waals surface area contributed by atoms with Crippen LogP contribution in [0.25, 0.3) is 10.9 Å². The molecule has 0 aliphatic carbocycles. The molecule has 29 heavy (non-hydrogen) atoms. The second kappa shape index (κ2) is 6.55. The zero-order chi connectivity index (χ0) is 20.1. The van der Waals surface area contributed by atoms with E-state index < -0.39 is 12.0 Å². The van der Waals surface area contributed by atoms with Crippen molar-refractivity contribution in [1.29, 1.82) is 0 Å². The molecule has 7 nitrogen and oxygen atoms in total. The topological polar surface area (TPSA) is 92.5 Å². The van der Waals surface area contributed by atoms with Gasteiger partial charge in [-0.2, -0.15) is 0 Å². The maximum atomic E-state index is 13.2. The molecule has 0 saturated carbocycles. The van der Waals surface area contributed by atoms with Crippen molar-refractivity contribution in [3.63, 3.8) is 0 Å². The highest BCUT2D eigenvalue weighted by molar-refractivity contribution is 6.00. The number of carbonyl (C=O) groups excluding carboxylic acids is 1. The molecule has 0 saturated heterocycles. The van der Waals surface area contributed by atoms with Gasteiger partial charge >= 0.3 is 5.97 Å². The summed E-state index contributed by atoms with van der Waals surface area (Å²) >= 11 is 0. The van der Waals surface area contributed by atoms with Crippen LogP contribution in [-0.2, 0) is 24.2 Å². The van der Waals surface area contributed by atoms with Gasteiger partial charge in [0.25, 0.3) is 11.5 Å². The lowest BCUT2D eigenvalue weighted by molar-refractivity contribution is -0.143. The average Bonchev–Trinajstić information content (AvgIpc) is 3.20. The van der Waals surface area contributed by atoms with E-state index in [1.165, 1.54) is 4.90 Å². The van der Waals surface area contributed by atoms with Crippen LogP contribution in [0.15, 0.2) is 47.3 Å². The number of aryl methyl sites for hydroxylation is 1. The van der Waals surface area contributed by atoms with Crippen LogP contribution in [0.1, 0.15) is 39.8 Å². The predicted molar refractivity (Wildman–Crippen MR) is 106 cm³/mol. The molecule has 1 aromatic heterocycles. The van der Waals surface area contributed by atoms with Crippen molar-refractivity contribution >= 4 is 22.8 Å². The fraction of sp³-hybridized carbons (Fsp3) is 0.273. The third-order valence-electron chi connectivity index (χ3n) is 5.84. The molecule has 0 fully saturated rings. The smallest absolute Gasteiger partial charge is 0.331 e. The predicted octanol–water partition coefficient (Wildman–Crippen LogP) is 2.17. The summed E-state index contributed by atoms with van der Waals surface area (Å²) in [6.07, 6.45) is 2.23. The number of carbonyl (C=O) groups is 2. The van der Waals surface area contributed by atoms with Crippen LogP contribution in [0.5, 0.6) is 0 Å². The molecule has 1 amide bonds. The number of amides is 1. The van der Waals surface area contributed by atoms with E-state index in [4.69, 9.17) is 0 Å². The fourth-order valence-electron chi connectivity index (χ4n) is 4.43. The normalized spacial score (nSPS) is 17.8. The van der Waals surface area contributed by atoms with E-state index in [1.807, 2.05) is 12.1 Å². The Hall–Kier alpha value is -3.48. The molecule has 3 heterocycles. The Balaban J connectivity index is 1.56. The van der Waals surface area contributed by atoms with Gasteiger partial charge in [-0.25, -0.2) is 9.78 Å². The second-order valence-electron chi connectivity index (χ2n) is 7.51. The molecule has 5 rings (SSSR count). The van der Waals surface area contributed by atoms with Gasteiger partial charge in [-0.1, -0.05) is 24.3 Å². The quantitative estimate of drug-likeness (QED) is 0.725. The first-order valence-electron chi connectivity index (χ1n) is 9.69. The van der Waals surface area contributed by atoms with Gasteiger partial charge in [-0.3, -0.25) is 14.2 Å². The third-order valence-corrected chi connectivity index (χ3v) is 5.84. The number of aliphatic carboxylic acids is 1. The van der Waals surface area contributed by atoms with Gasteiger partial charge in [0.05, 0.1) is 10.9 Å². The first kappa shape index (κ1) is 17.6. The number of aromatic nitrogens is 2. The summed E-state index contributed by atoms with van der Waals surface area (Å²) in [5.74, 6) is -0.681. The number of carboxylic acid groups (broad SMARTS) is 1. The number of benzene rings is 2. The maximum Gasteiger partial charge on any atom is 0.331 e. The SMILES string of the molecule is O=C(O)C1c2ccccc2CCN1C(=O)c1ccc2c(=O)n3c(nc2c1)CCC3. The molecule has 0 spiro atoms. The largest absolute Gasteiger partial charge is 0.479 e. The summed E-state index contributed by atoms with van der Waals surface area (Å²) in [6, 6.07) is 11.1. The maximum absolute atomic E-state index is 13.2. The van der Waals surface area contributed by atoms with Crippen molar-refractivity contribution in [3.05, 3.63) is 75.3 Å². The van der Waals surface area contributed by atoms with Gasteiger partial charge in [0.15, 0.2) is 6.04 Å². The van der Waals surface area contributed by atoms with Crippen molar-refractivity contribution < 1.29 is 14.7 Å². The Labute approximate surface area is 166 Å². The van der Waals surface area contributed by atoms with Crippen molar-refractivity contribution in [3.8, 4) is 0 Å². The summed E-state index contributed by atoms with van der Waals surface area (Å²) in [5.41, 5.74) is 2.34. The van der Waals surface area contributed by atoms with E-state index in [0.29, 0.717) is 41.5 Å². The highest BCUT2D eigenvalue weighted by Crippen LogP contribution is 2.31. The molecular weight excluding hydrogens is 370 g/mol. The van der Waals surface area contributed by atoms with Crippen LogP contribution in [0.3, 0.4) is 0 Å². The second-order valence-corrected chi connectivity index (χ2v) is 7.51. The minimum absolute atomic E-state index is 0.0863. The molecule has 146 valence electrons. The van der Waals surface area contributed by atoms with Crippen LogP contribution >= 0.6 is 0 Å². The molecule has 3 aromatic rings. The van der Waals surface area contributed by atoms with E-state index >= 15 is 0 Å². The Bertz CT molecular complexity index is 1230. The lowest BCUT2D eigenvalue weighted by Crippen LogP contribution is -2.43. The molecular formula is C22H19N3O4. The first-order chi connectivity index (χ1) is 14.0. The van der Waals surface area contributed by atoms with E-state index in [9.17, 15) is 19.5 Å². The molecule has 2 aliphatic rings. The molecule has 0 radical (unpaired) electrons. The molecule has 1 unspecified atom stereocenters. The van der Waals surface area contributed by atoms with E-state index in [1.54, 1.807) is 34.9 Å². The Morgan fingerprint density at radius 3 is 2.72 bits per heavy atom. The Kier molecular flexibility index (Phi) is 3.97. The number of fused-ring (bicyclic) bond motifs is 3. The minimum atomic E-state index is -1.06. The first-order valence-corrected chi connectivity index (χ1v) is 9.69. The Morgan fingerprint density at radius 2 is 1.90 bits per heavy atom. The molecule has 1 atom stereocenters. The van der Waals surface area contributed by atoms with E-state index in [0.717, 1.165) is 24.2 Å².